The lowest BCUT2D eigenvalue weighted by Crippen LogP contribution is -2.36. The zero-order valence-corrected chi connectivity index (χ0v) is 15.6. The summed E-state index contributed by atoms with van der Waals surface area (Å²) in [7, 11) is 1.40. The summed E-state index contributed by atoms with van der Waals surface area (Å²) in [5.41, 5.74) is 1.76. The van der Waals surface area contributed by atoms with Gasteiger partial charge in [-0.25, -0.2) is 4.68 Å². The molecule has 1 aromatic heterocycles. The average Bonchev–Trinajstić information content (AvgIpc) is 3.17. The maximum Gasteiger partial charge on any atom is 0.416 e. The van der Waals surface area contributed by atoms with Crippen LogP contribution in [0.15, 0.2) is 54.7 Å². The predicted molar refractivity (Wildman–Crippen MR) is 100 cm³/mol. The van der Waals surface area contributed by atoms with Crippen molar-refractivity contribution >= 4 is 5.91 Å². The molecule has 2 aromatic carbocycles. The van der Waals surface area contributed by atoms with Crippen LogP contribution in [-0.2, 0) is 19.1 Å². The first-order valence-corrected chi connectivity index (χ1v) is 9.04. The van der Waals surface area contributed by atoms with E-state index in [1.165, 1.54) is 35.7 Å². The standard InChI is InChI=1S/C21H18F3N3O2/c1-29-18-13-27(17-8-4-7-16(11-17)21(22,23)24)25-19(18)20(28)26-10-9-14-5-2-3-6-15(14)12-26/h2-8,11,13H,9-10,12H2,1H3. The third kappa shape index (κ3) is 3.70. The van der Waals surface area contributed by atoms with Crippen molar-refractivity contribution in [3.05, 3.63) is 77.1 Å². The number of ether oxygens (including phenoxy) is 1. The van der Waals surface area contributed by atoms with Crippen LogP contribution in [0.1, 0.15) is 27.2 Å². The summed E-state index contributed by atoms with van der Waals surface area (Å²) in [6, 6.07) is 12.7. The fraction of sp³-hybridized carbons (Fsp3) is 0.238. The minimum atomic E-state index is -4.47. The summed E-state index contributed by atoms with van der Waals surface area (Å²) in [4.78, 5) is 14.7. The third-order valence-corrected chi connectivity index (χ3v) is 4.96. The van der Waals surface area contributed by atoms with E-state index in [2.05, 4.69) is 5.10 Å². The van der Waals surface area contributed by atoms with Crippen LogP contribution in [-0.4, -0.2) is 34.2 Å². The lowest BCUT2D eigenvalue weighted by molar-refractivity contribution is -0.137. The number of methoxy groups -OCH3 is 1. The van der Waals surface area contributed by atoms with Crippen molar-refractivity contribution in [3.8, 4) is 11.4 Å². The number of carbonyl (C=O) groups excluding carboxylic acids is 1. The molecule has 0 spiro atoms. The highest BCUT2D eigenvalue weighted by molar-refractivity contribution is 5.95. The van der Waals surface area contributed by atoms with Gasteiger partial charge in [-0.05, 0) is 35.7 Å². The van der Waals surface area contributed by atoms with E-state index in [9.17, 15) is 18.0 Å². The zero-order chi connectivity index (χ0) is 20.6. The van der Waals surface area contributed by atoms with Crippen LogP contribution >= 0.6 is 0 Å². The third-order valence-electron chi connectivity index (χ3n) is 4.96. The van der Waals surface area contributed by atoms with Crippen LogP contribution in [0.4, 0.5) is 13.2 Å². The van der Waals surface area contributed by atoms with E-state index in [1.807, 2.05) is 24.3 Å². The molecule has 8 heteroatoms. The van der Waals surface area contributed by atoms with Gasteiger partial charge < -0.3 is 9.64 Å². The Morgan fingerprint density at radius 3 is 2.59 bits per heavy atom. The topological polar surface area (TPSA) is 47.4 Å². The summed E-state index contributed by atoms with van der Waals surface area (Å²) >= 11 is 0. The summed E-state index contributed by atoms with van der Waals surface area (Å²) in [5, 5.41) is 4.24. The number of hydrogen-bond acceptors (Lipinski definition) is 3. The number of hydrogen-bond donors (Lipinski definition) is 0. The summed E-state index contributed by atoms with van der Waals surface area (Å²) in [5.74, 6) is -0.103. The molecule has 2 heterocycles. The van der Waals surface area contributed by atoms with Gasteiger partial charge in [0.1, 0.15) is 0 Å². The van der Waals surface area contributed by atoms with Crippen molar-refractivity contribution in [1.29, 1.82) is 0 Å². The second-order valence-electron chi connectivity index (χ2n) is 6.78. The largest absolute Gasteiger partial charge is 0.493 e. The number of halogens is 3. The molecule has 0 saturated carbocycles. The van der Waals surface area contributed by atoms with Crippen molar-refractivity contribution < 1.29 is 22.7 Å². The molecule has 0 unspecified atom stereocenters. The Labute approximate surface area is 165 Å². The van der Waals surface area contributed by atoms with E-state index in [0.717, 1.165) is 24.1 Å². The predicted octanol–water partition coefficient (Wildman–Crippen LogP) is 4.10. The number of amides is 1. The lowest BCUT2D eigenvalue weighted by Gasteiger charge is -2.28. The first kappa shape index (κ1) is 19.0. The molecule has 150 valence electrons. The summed E-state index contributed by atoms with van der Waals surface area (Å²) in [6.07, 6.45) is -2.31. The normalized spacial score (nSPS) is 13.9. The van der Waals surface area contributed by atoms with Gasteiger partial charge in [-0.3, -0.25) is 4.79 Å². The van der Waals surface area contributed by atoms with Crippen molar-refractivity contribution in [1.82, 2.24) is 14.7 Å². The molecular formula is C21H18F3N3O2. The quantitative estimate of drug-likeness (QED) is 0.664. The molecule has 0 radical (unpaired) electrons. The molecule has 0 fully saturated rings. The van der Waals surface area contributed by atoms with Gasteiger partial charge in [0.15, 0.2) is 11.4 Å². The number of alkyl halides is 3. The maximum atomic E-state index is 13.1. The van der Waals surface area contributed by atoms with E-state index in [1.54, 1.807) is 4.90 Å². The molecule has 0 N–H and O–H groups in total. The molecular weight excluding hydrogens is 383 g/mol. The van der Waals surface area contributed by atoms with E-state index >= 15 is 0 Å². The fourth-order valence-electron chi connectivity index (χ4n) is 3.43. The highest BCUT2D eigenvalue weighted by atomic mass is 19.4. The molecule has 1 aliphatic rings. The van der Waals surface area contributed by atoms with Crippen LogP contribution < -0.4 is 4.74 Å². The van der Waals surface area contributed by atoms with Gasteiger partial charge in [0, 0.05) is 13.1 Å². The molecule has 3 aromatic rings. The Bertz CT molecular complexity index is 1060. The van der Waals surface area contributed by atoms with Gasteiger partial charge >= 0.3 is 6.18 Å². The van der Waals surface area contributed by atoms with Crippen LogP contribution in [0.3, 0.4) is 0 Å². The Hall–Kier alpha value is -3.29. The first-order chi connectivity index (χ1) is 13.9. The smallest absolute Gasteiger partial charge is 0.416 e. The molecule has 4 rings (SSSR count). The molecule has 0 bridgehead atoms. The number of rotatable bonds is 3. The van der Waals surface area contributed by atoms with Gasteiger partial charge in [-0.2, -0.15) is 18.3 Å². The number of carbonyl (C=O) groups is 1. The van der Waals surface area contributed by atoms with Crippen LogP contribution in [0.5, 0.6) is 5.75 Å². The van der Waals surface area contributed by atoms with Crippen molar-refractivity contribution in [2.75, 3.05) is 13.7 Å². The molecule has 5 nitrogen and oxygen atoms in total. The fourth-order valence-corrected chi connectivity index (χ4v) is 3.43. The average molecular weight is 401 g/mol. The lowest BCUT2D eigenvalue weighted by atomic mass is 10.00. The molecule has 0 saturated heterocycles. The SMILES string of the molecule is COc1cn(-c2cccc(C(F)(F)F)c2)nc1C(=O)N1CCc2ccccc2C1. The Balaban J connectivity index is 1.64. The maximum absolute atomic E-state index is 13.1. The molecule has 1 amide bonds. The highest BCUT2D eigenvalue weighted by Crippen LogP contribution is 2.31. The molecule has 0 aliphatic carbocycles. The van der Waals surface area contributed by atoms with Crippen molar-refractivity contribution in [2.45, 2.75) is 19.1 Å². The molecule has 0 atom stereocenters. The van der Waals surface area contributed by atoms with E-state index in [0.29, 0.717) is 13.1 Å². The second-order valence-corrected chi connectivity index (χ2v) is 6.78. The van der Waals surface area contributed by atoms with Gasteiger partial charge in [-0.15, -0.1) is 0 Å². The monoisotopic (exact) mass is 401 g/mol. The number of benzene rings is 2. The number of fused-ring (bicyclic) bond motifs is 1. The number of nitrogens with zero attached hydrogens (tertiary/aromatic N) is 3. The van der Waals surface area contributed by atoms with Gasteiger partial charge in [0.05, 0.1) is 24.6 Å². The number of aromatic nitrogens is 2. The Kier molecular flexibility index (Phi) is 4.77. The Morgan fingerprint density at radius 2 is 1.86 bits per heavy atom. The molecule has 29 heavy (non-hydrogen) atoms. The second kappa shape index (κ2) is 7.27. The van der Waals surface area contributed by atoms with E-state index in [-0.39, 0.29) is 23.0 Å². The molecule has 1 aliphatic heterocycles. The zero-order valence-electron chi connectivity index (χ0n) is 15.6. The van der Waals surface area contributed by atoms with Gasteiger partial charge in [0.2, 0.25) is 0 Å². The van der Waals surface area contributed by atoms with E-state index in [4.69, 9.17) is 4.74 Å². The first-order valence-electron chi connectivity index (χ1n) is 9.04. The van der Waals surface area contributed by atoms with Crippen LogP contribution in [0.2, 0.25) is 0 Å². The summed E-state index contributed by atoms with van der Waals surface area (Å²) < 4.78 is 45.5. The highest BCUT2D eigenvalue weighted by Gasteiger charge is 2.31. The Morgan fingerprint density at radius 1 is 1.10 bits per heavy atom. The van der Waals surface area contributed by atoms with Gasteiger partial charge in [-0.1, -0.05) is 30.3 Å². The van der Waals surface area contributed by atoms with Gasteiger partial charge in [0.25, 0.3) is 5.91 Å². The minimum Gasteiger partial charge on any atom is -0.493 e. The van der Waals surface area contributed by atoms with Crippen LogP contribution in [0.25, 0.3) is 5.69 Å². The summed E-state index contributed by atoms with van der Waals surface area (Å²) in [6.45, 7) is 0.990. The van der Waals surface area contributed by atoms with Crippen LogP contribution in [0, 0.1) is 0 Å². The van der Waals surface area contributed by atoms with Crippen molar-refractivity contribution in [2.24, 2.45) is 0 Å². The van der Waals surface area contributed by atoms with E-state index < -0.39 is 11.7 Å². The van der Waals surface area contributed by atoms with Crippen molar-refractivity contribution in [3.63, 3.8) is 0 Å². The minimum absolute atomic E-state index is 0.0734.